The van der Waals surface area contributed by atoms with Gasteiger partial charge >= 0.3 is 0 Å². The average molecular weight is 258 g/mol. The third-order valence-corrected chi connectivity index (χ3v) is 3.84. The molecule has 2 aromatic rings. The van der Waals surface area contributed by atoms with Gasteiger partial charge in [0.2, 0.25) is 0 Å². The van der Waals surface area contributed by atoms with Crippen LogP contribution in [-0.2, 0) is 0 Å². The fraction of sp³-hybridized carbons (Fsp3) is 0.385. The summed E-state index contributed by atoms with van der Waals surface area (Å²) in [6.45, 7) is 3.17. The minimum absolute atomic E-state index is 0.413. The number of rotatable bonds is 0. The largest absolute Gasteiger partial charge is 0.263 e. The van der Waals surface area contributed by atoms with E-state index in [2.05, 4.69) is 33.6 Å². The lowest BCUT2D eigenvalue weighted by atomic mass is 10.0. The first kappa shape index (κ1) is 11.6. The molecule has 5 heteroatoms. The summed E-state index contributed by atoms with van der Waals surface area (Å²) in [4.78, 5) is 4.28. The van der Waals surface area contributed by atoms with Crippen molar-refractivity contribution >= 4 is 17.6 Å². The van der Waals surface area contributed by atoms with Crippen LogP contribution in [0.5, 0.6) is 0 Å². The van der Waals surface area contributed by atoms with Crippen LogP contribution in [0.2, 0.25) is 0 Å². The molecule has 2 aromatic heterocycles. The molecule has 1 aliphatic rings. The highest BCUT2D eigenvalue weighted by atomic mass is 32.2. The van der Waals surface area contributed by atoms with Gasteiger partial charge in [0, 0.05) is 23.9 Å². The van der Waals surface area contributed by atoms with E-state index in [4.69, 9.17) is 0 Å². The van der Waals surface area contributed by atoms with Gasteiger partial charge in [-0.25, -0.2) is 9.50 Å². The molecule has 0 aliphatic carbocycles. The Bertz CT molecular complexity index is 610. The van der Waals surface area contributed by atoms with E-state index in [9.17, 15) is 0 Å². The molecule has 1 saturated heterocycles. The Balaban J connectivity index is 1.84. The quantitative estimate of drug-likeness (QED) is 0.577. The van der Waals surface area contributed by atoms with Gasteiger partial charge in [-0.3, -0.25) is 4.72 Å². The maximum absolute atomic E-state index is 4.28. The van der Waals surface area contributed by atoms with Crippen molar-refractivity contribution < 1.29 is 0 Å². The Labute approximate surface area is 110 Å². The number of nitrogens with zero attached hydrogens (tertiary/aromatic N) is 3. The Morgan fingerprint density at radius 1 is 1.56 bits per heavy atom. The molecule has 1 aliphatic heterocycles. The van der Waals surface area contributed by atoms with Crippen LogP contribution in [0.15, 0.2) is 24.5 Å². The van der Waals surface area contributed by atoms with Gasteiger partial charge in [-0.15, -0.1) is 0 Å². The van der Waals surface area contributed by atoms with Crippen LogP contribution in [0.4, 0.5) is 0 Å². The molecule has 3 heterocycles. The van der Waals surface area contributed by atoms with Gasteiger partial charge in [0.05, 0.1) is 6.20 Å². The number of imidazole rings is 1. The fourth-order valence-electron chi connectivity index (χ4n) is 2.02. The number of hydrogen-bond acceptors (Lipinski definition) is 4. The highest BCUT2D eigenvalue weighted by molar-refractivity contribution is 7.98. The van der Waals surface area contributed by atoms with Gasteiger partial charge < -0.3 is 0 Å². The Morgan fingerprint density at radius 3 is 3.39 bits per heavy atom. The molecule has 0 bridgehead atoms. The Morgan fingerprint density at radius 2 is 2.50 bits per heavy atom. The highest BCUT2D eigenvalue weighted by Gasteiger charge is 2.16. The van der Waals surface area contributed by atoms with E-state index in [0.29, 0.717) is 11.2 Å². The molecular weight excluding hydrogens is 244 g/mol. The standard InChI is InChI=1S/C13H14N4S/c1-10-7-11(8-16-18-10)4-5-12-9-14-13-3-2-6-15-17(12)13/h2-3,6,9-11,16H,7-8H2,1H3. The van der Waals surface area contributed by atoms with E-state index in [1.807, 2.05) is 12.1 Å². The molecule has 0 spiro atoms. The van der Waals surface area contributed by atoms with Crippen molar-refractivity contribution in [3.63, 3.8) is 0 Å². The zero-order valence-electron chi connectivity index (χ0n) is 10.1. The summed E-state index contributed by atoms with van der Waals surface area (Å²) in [5, 5.41) is 4.88. The molecule has 0 saturated carbocycles. The van der Waals surface area contributed by atoms with Crippen molar-refractivity contribution in [2.45, 2.75) is 18.6 Å². The fourth-order valence-corrected chi connectivity index (χ4v) is 2.93. The molecule has 18 heavy (non-hydrogen) atoms. The van der Waals surface area contributed by atoms with Gasteiger partial charge in [0.25, 0.3) is 0 Å². The summed E-state index contributed by atoms with van der Waals surface area (Å²) in [5.74, 6) is 6.93. The van der Waals surface area contributed by atoms with E-state index in [1.54, 1.807) is 28.9 Å². The SMILES string of the molecule is CC1CC(C#Cc2cnc3cccnn23)CNS1. The monoisotopic (exact) mass is 258 g/mol. The molecule has 3 rings (SSSR count). The van der Waals surface area contributed by atoms with Gasteiger partial charge in [-0.1, -0.05) is 24.8 Å². The third kappa shape index (κ3) is 2.35. The number of aromatic nitrogens is 3. The summed E-state index contributed by atoms with van der Waals surface area (Å²) in [7, 11) is 0. The Hall–Kier alpha value is -1.51. The third-order valence-electron chi connectivity index (χ3n) is 2.91. The second-order valence-corrected chi connectivity index (χ2v) is 5.75. The smallest absolute Gasteiger partial charge is 0.154 e. The number of hydrogen-bond donors (Lipinski definition) is 1. The van der Waals surface area contributed by atoms with Crippen LogP contribution >= 0.6 is 11.9 Å². The maximum Gasteiger partial charge on any atom is 0.154 e. The zero-order valence-corrected chi connectivity index (χ0v) is 10.9. The zero-order chi connectivity index (χ0) is 12.4. The van der Waals surface area contributed by atoms with E-state index < -0.39 is 0 Å². The molecular formula is C13H14N4S. The summed E-state index contributed by atoms with van der Waals surface area (Å²) in [6.07, 6.45) is 4.67. The molecule has 2 unspecified atom stereocenters. The second-order valence-electron chi connectivity index (χ2n) is 4.42. The van der Waals surface area contributed by atoms with E-state index >= 15 is 0 Å². The van der Waals surface area contributed by atoms with Gasteiger partial charge in [-0.2, -0.15) is 5.10 Å². The van der Waals surface area contributed by atoms with Crippen LogP contribution in [0.25, 0.3) is 5.65 Å². The first-order chi connectivity index (χ1) is 8.83. The lowest BCUT2D eigenvalue weighted by molar-refractivity contribution is 0.575. The van der Waals surface area contributed by atoms with Crippen LogP contribution < -0.4 is 4.72 Å². The lowest BCUT2D eigenvalue weighted by Gasteiger charge is -2.22. The van der Waals surface area contributed by atoms with Crippen molar-refractivity contribution in [2.75, 3.05) is 6.54 Å². The average Bonchev–Trinajstić information content (AvgIpc) is 2.80. The molecule has 1 N–H and O–H groups in total. The van der Waals surface area contributed by atoms with Crippen molar-refractivity contribution in [1.29, 1.82) is 0 Å². The minimum atomic E-state index is 0.413. The topological polar surface area (TPSA) is 42.2 Å². The summed E-state index contributed by atoms with van der Waals surface area (Å²) >= 11 is 1.80. The lowest BCUT2D eigenvalue weighted by Crippen LogP contribution is -2.27. The summed E-state index contributed by atoms with van der Waals surface area (Å²) in [5.41, 5.74) is 1.70. The van der Waals surface area contributed by atoms with Crippen LogP contribution in [-0.4, -0.2) is 26.4 Å². The van der Waals surface area contributed by atoms with Gasteiger partial charge in [-0.05, 0) is 24.5 Å². The summed E-state index contributed by atoms with van der Waals surface area (Å²) in [6, 6.07) is 3.81. The van der Waals surface area contributed by atoms with Gasteiger partial charge in [0.1, 0.15) is 5.69 Å². The van der Waals surface area contributed by atoms with Crippen molar-refractivity contribution in [3.8, 4) is 11.8 Å². The van der Waals surface area contributed by atoms with E-state index in [-0.39, 0.29) is 0 Å². The van der Waals surface area contributed by atoms with Crippen LogP contribution in [0.1, 0.15) is 19.0 Å². The molecule has 0 aromatic carbocycles. The minimum Gasteiger partial charge on any atom is -0.263 e. The molecule has 92 valence electrons. The second kappa shape index (κ2) is 5.01. The molecule has 2 atom stereocenters. The maximum atomic E-state index is 4.28. The van der Waals surface area contributed by atoms with Crippen molar-refractivity contribution in [2.24, 2.45) is 5.92 Å². The number of nitrogens with one attached hydrogen (secondary N) is 1. The predicted octanol–water partition coefficient (Wildman–Crippen LogP) is 1.73. The highest BCUT2D eigenvalue weighted by Crippen LogP contribution is 2.21. The predicted molar refractivity (Wildman–Crippen MR) is 73.0 cm³/mol. The van der Waals surface area contributed by atoms with E-state index in [1.165, 1.54) is 0 Å². The Kier molecular flexibility index (Phi) is 3.22. The molecule has 4 nitrogen and oxygen atoms in total. The molecule has 0 amide bonds. The van der Waals surface area contributed by atoms with Crippen LogP contribution in [0, 0.1) is 17.8 Å². The first-order valence-electron chi connectivity index (χ1n) is 6.02. The number of fused-ring (bicyclic) bond motifs is 1. The molecule has 1 fully saturated rings. The normalized spacial score (nSPS) is 23.6. The van der Waals surface area contributed by atoms with Crippen LogP contribution in [0.3, 0.4) is 0 Å². The van der Waals surface area contributed by atoms with Crippen molar-refractivity contribution in [1.82, 2.24) is 19.3 Å². The first-order valence-corrected chi connectivity index (χ1v) is 6.90. The van der Waals surface area contributed by atoms with E-state index in [0.717, 1.165) is 24.3 Å². The summed E-state index contributed by atoms with van der Waals surface area (Å²) < 4.78 is 5.11. The molecule has 0 radical (unpaired) electrons. The van der Waals surface area contributed by atoms with Gasteiger partial charge in [0.15, 0.2) is 5.65 Å². The van der Waals surface area contributed by atoms with Crippen molar-refractivity contribution in [3.05, 3.63) is 30.2 Å².